The molecule has 1 aliphatic rings. The fraction of sp³-hybridized carbons (Fsp3) is 0.391. The summed E-state index contributed by atoms with van der Waals surface area (Å²) in [5.74, 6) is -0.828. The van der Waals surface area contributed by atoms with Gasteiger partial charge in [0.25, 0.3) is 5.56 Å². The molecule has 1 atom stereocenters. The van der Waals surface area contributed by atoms with Crippen molar-refractivity contribution in [3.05, 3.63) is 63.3 Å². The highest BCUT2D eigenvalue weighted by Gasteiger charge is 2.22. The van der Waals surface area contributed by atoms with Crippen LogP contribution in [-0.4, -0.2) is 45.8 Å². The molecule has 0 spiro atoms. The first-order chi connectivity index (χ1) is 14.9. The number of carbonyl (C=O) groups is 2. The van der Waals surface area contributed by atoms with E-state index < -0.39 is 5.97 Å². The van der Waals surface area contributed by atoms with E-state index in [0.717, 1.165) is 37.4 Å². The molecule has 1 aromatic carbocycles. The lowest BCUT2D eigenvalue weighted by atomic mass is 10.1. The zero-order valence-electron chi connectivity index (χ0n) is 17.6. The second-order valence-corrected chi connectivity index (χ2v) is 7.84. The van der Waals surface area contributed by atoms with Gasteiger partial charge in [-0.3, -0.25) is 14.4 Å². The molecular weight excluding hydrogens is 398 g/mol. The molecule has 162 valence electrons. The quantitative estimate of drug-likeness (QED) is 0.463. The molecule has 0 radical (unpaired) electrons. The van der Waals surface area contributed by atoms with Crippen LogP contribution in [0.15, 0.2) is 35.1 Å². The SMILES string of the molecule is Cc1cc(C(=O)COC(=O)Cc2n[nH]c(=O)c3ccccc23)c(C)n1CC1CCCO1. The van der Waals surface area contributed by atoms with Gasteiger partial charge in [0, 0.05) is 35.5 Å². The third kappa shape index (κ3) is 4.44. The third-order valence-corrected chi connectivity index (χ3v) is 5.74. The molecule has 4 rings (SSSR count). The highest BCUT2D eigenvalue weighted by Crippen LogP contribution is 2.21. The summed E-state index contributed by atoms with van der Waals surface area (Å²) < 4.78 is 13.0. The van der Waals surface area contributed by atoms with E-state index in [0.29, 0.717) is 22.0 Å². The average Bonchev–Trinajstić information content (AvgIpc) is 3.38. The number of esters is 1. The lowest BCUT2D eigenvalue weighted by Gasteiger charge is -2.14. The number of H-pyrrole nitrogens is 1. The topological polar surface area (TPSA) is 103 Å². The molecular formula is C23H25N3O5. The van der Waals surface area contributed by atoms with Gasteiger partial charge in [-0.15, -0.1) is 0 Å². The summed E-state index contributed by atoms with van der Waals surface area (Å²) in [7, 11) is 0. The molecule has 1 saturated heterocycles. The third-order valence-electron chi connectivity index (χ3n) is 5.74. The molecule has 3 heterocycles. The molecule has 2 aromatic heterocycles. The van der Waals surface area contributed by atoms with Crippen molar-refractivity contribution in [2.24, 2.45) is 0 Å². The first-order valence-corrected chi connectivity index (χ1v) is 10.4. The molecule has 1 N–H and O–H groups in total. The number of aryl methyl sites for hydroxylation is 1. The van der Waals surface area contributed by atoms with E-state index in [1.807, 2.05) is 19.9 Å². The summed E-state index contributed by atoms with van der Waals surface area (Å²) in [4.78, 5) is 36.9. The smallest absolute Gasteiger partial charge is 0.312 e. The van der Waals surface area contributed by atoms with Crippen molar-refractivity contribution in [2.45, 2.75) is 45.8 Å². The number of carbonyl (C=O) groups excluding carboxylic acids is 2. The van der Waals surface area contributed by atoms with Crippen molar-refractivity contribution >= 4 is 22.5 Å². The number of ether oxygens (including phenoxy) is 2. The summed E-state index contributed by atoms with van der Waals surface area (Å²) in [5, 5.41) is 7.41. The van der Waals surface area contributed by atoms with Crippen LogP contribution in [0.2, 0.25) is 0 Å². The Balaban J connectivity index is 1.41. The van der Waals surface area contributed by atoms with Crippen molar-refractivity contribution < 1.29 is 19.1 Å². The lowest BCUT2D eigenvalue weighted by molar-refractivity contribution is -0.141. The first-order valence-electron chi connectivity index (χ1n) is 10.4. The van der Waals surface area contributed by atoms with Crippen molar-refractivity contribution in [3.8, 4) is 0 Å². The molecule has 0 aliphatic carbocycles. The number of aromatic nitrogens is 3. The maximum atomic E-state index is 12.7. The Labute approximate surface area is 179 Å². The summed E-state index contributed by atoms with van der Waals surface area (Å²) in [6.45, 7) is 5.01. The summed E-state index contributed by atoms with van der Waals surface area (Å²) >= 11 is 0. The van der Waals surface area contributed by atoms with E-state index >= 15 is 0 Å². The first kappa shape index (κ1) is 21.0. The molecule has 0 saturated carbocycles. The maximum Gasteiger partial charge on any atom is 0.312 e. The number of fused-ring (bicyclic) bond motifs is 1. The highest BCUT2D eigenvalue weighted by atomic mass is 16.5. The van der Waals surface area contributed by atoms with Gasteiger partial charge in [0.15, 0.2) is 6.61 Å². The van der Waals surface area contributed by atoms with Crippen molar-refractivity contribution in [1.29, 1.82) is 0 Å². The monoisotopic (exact) mass is 423 g/mol. The Morgan fingerprint density at radius 3 is 2.77 bits per heavy atom. The van der Waals surface area contributed by atoms with Crippen molar-refractivity contribution in [3.63, 3.8) is 0 Å². The van der Waals surface area contributed by atoms with E-state index in [-0.39, 0.29) is 30.5 Å². The minimum atomic E-state index is -0.578. The van der Waals surface area contributed by atoms with Crippen molar-refractivity contribution in [2.75, 3.05) is 13.2 Å². The van der Waals surface area contributed by atoms with E-state index in [2.05, 4.69) is 14.8 Å². The molecule has 0 amide bonds. The molecule has 8 heteroatoms. The van der Waals surface area contributed by atoms with E-state index in [4.69, 9.17) is 9.47 Å². The van der Waals surface area contributed by atoms with Crippen LogP contribution in [0.5, 0.6) is 0 Å². The Morgan fingerprint density at radius 2 is 2.03 bits per heavy atom. The van der Waals surface area contributed by atoms with Gasteiger partial charge in [-0.05, 0) is 38.8 Å². The van der Waals surface area contributed by atoms with Gasteiger partial charge < -0.3 is 14.0 Å². The second-order valence-electron chi connectivity index (χ2n) is 7.84. The molecule has 3 aromatic rings. The Hall–Kier alpha value is -3.26. The molecule has 8 nitrogen and oxygen atoms in total. The van der Waals surface area contributed by atoms with E-state index in [1.165, 1.54) is 0 Å². The number of nitrogens with one attached hydrogen (secondary N) is 1. The van der Waals surface area contributed by atoms with E-state index in [9.17, 15) is 14.4 Å². The van der Waals surface area contributed by atoms with Gasteiger partial charge in [-0.25, -0.2) is 5.10 Å². The van der Waals surface area contributed by atoms with Gasteiger partial charge in [0.05, 0.1) is 23.6 Å². The van der Waals surface area contributed by atoms with Crippen LogP contribution in [0.1, 0.15) is 40.3 Å². The number of hydrogen-bond acceptors (Lipinski definition) is 6. The van der Waals surface area contributed by atoms with Crippen LogP contribution >= 0.6 is 0 Å². The van der Waals surface area contributed by atoms with Gasteiger partial charge in [-0.1, -0.05) is 18.2 Å². The fourth-order valence-corrected chi connectivity index (χ4v) is 4.07. The zero-order valence-corrected chi connectivity index (χ0v) is 17.6. The zero-order chi connectivity index (χ0) is 22.0. The Kier molecular flexibility index (Phi) is 5.99. The minimum absolute atomic E-state index is 0.136. The van der Waals surface area contributed by atoms with Gasteiger partial charge in [0.1, 0.15) is 0 Å². The van der Waals surface area contributed by atoms with E-state index in [1.54, 1.807) is 24.3 Å². The number of Topliss-reactive ketones (excluding diaryl/α,β-unsaturated/α-hetero) is 1. The highest BCUT2D eigenvalue weighted by molar-refractivity contribution is 5.99. The summed E-state index contributed by atoms with van der Waals surface area (Å²) in [5.41, 5.74) is 2.47. The van der Waals surface area contributed by atoms with Crippen LogP contribution < -0.4 is 5.56 Å². The minimum Gasteiger partial charge on any atom is -0.457 e. The predicted molar refractivity (Wildman–Crippen MR) is 114 cm³/mol. The standard InChI is InChI=1S/C23H25N3O5/c1-14-10-19(15(2)26(14)12-16-6-5-9-30-16)21(27)13-31-22(28)11-20-17-7-3-4-8-18(17)23(29)25-24-20/h3-4,7-8,10,16H,5-6,9,11-13H2,1-2H3,(H,25,29). The lowest BCUT2D eigenvalue weighted by Crippen LogP contribution is -2.19. The van der Waals surface area contributed by atoms with Gasteiger partial charge >= 0.3 is 5.97 Å². The van der Waals surface area contributed by atoms with Crippen molar-refractivity contribution in [1.82, 2.24) is 14.8 Å². The number of benzene rings is 1. The normalized spacial score (nSPS) is 16.0. The van der Waals surface area contributed by atoms with Crippen LogP contribution in [0.25, 0.3) is 10.8 Å². The number of aromatic amines is 1. The number of nitrogens with zero attached hydrogens (tertiary/aromatic N) is 2. The summed E-state index contributed by atoms with van der Waals surface area (Å²) in [6, 6.07) is 8.74. The summed E-state index contributed by atoms with van der Waals surface area (Å²) in [6.07, 6.45) is 2.12. The van der Waals surface area contributed by atoms with Crippen LogP contribution in [0.4, 0.5) is 0 Å². The molecule has 31 heavy (non-hydrogen) atoms. The predicted octanol–water partition coefficient (Wildman–Crippen LogP) is 2.49. The van der Waals surface area contributed by atoms with Gasteiger partial charge in [-0.2, -0.15) is 5.10 Å². The number of rotatable bonds is 7. The number of ketones is 1. The van der Waals surface area contributed by atoms with Crippen LogP contribution in [0, 0.1) is 13.8 Å². The second kappa shape index (κ2) is 8.85. The fourth-order valence-electron chi connectivity index (χ4n) is 4.07. The van der Waals surface area contributed by atoms with Crippen LogP contribution in [0.3, 0.4) is 0 Å². The largest absolute Gasteiger partial charge is 0.457 e. The molecule has 1 fully saturated rings. The molecule has 1 aliphatic heterocycles. The maximum absolute atomic E-state index is 12.7. The Morgan fingerprint density at radius 1 is 1.26 bits per heavy atom. The average molecular weight is 423 g/mol. The number of hydrogen-bond donors (Lipinski definition) is 1. The molecule has 0 bridgehead atoms. The van der Waals surface area contributed by atoms with Crippen LogP contribution in [-0.2, 0) is 27.2 Å². The Bertz CT molecular complexity index is 1190. The van der Waals surface area contributed by atoms with Gasteiger partial charge in [0.2, 0.25) is 5.78 Å². The molecule has 1 unspecified atom stereocenters.